The third kappa shape index (κ3) is 17.1. The van der Waals surface area contributed by atoms with E-state index in [9.17, 15) is 39.3 Å². The Morgan fingerprint density at radius 3 is 1.72 bits per heavy atom. The van der Waals surface area contributed by atoms with Crippen molar-refractivity contribution < 1.29 is 44.4 Å². The summed E-state index contributed by atoms with van der Waals surface area (Å²) in [5.74, 6) is -3.43. The highest BCUT2D eigenvalue weighted by atomic mass is 16.4. The maximum absolute atomic E-state index is 11.5. The normalized spacial score (nSPS) is 17.7. The standard InChI is InChI=1S/C19H31N3O8.2C2H6.CH4O/c1-15(24)4-2-3-5-19(22(11-17(27)28)12-18(29)30)13-20(8-9-23)6-7-21(14-19)10-16(25)26;3*1-2/h9H,2-8,10-14H2,1H3,(H,25,26)(H,27,28)(H,29,30);2*1-2H3;2H,1H3. The van der Waals surface area contributed by atoms with E-state index in [2.05, 4.69) is 0 Å². The van der Waals surface area contributed by atoms with Crippen LogP contribution in [0.15, 0.2) is 0 Å². The highest BCUT2D eigenvalue weighted by Crippen LogP contribution is 2.28. The predicted octanol–water partition coefficient (Wildman–Crippen LogP) is 0.908. The number of hydrogen-bond acceptors (Lipinski definition) is 9. The molecule has 1 aliphatic heterocycles. The SMILES string of the molecule is CC.CC.CC(=O)CCCCC1(N(CC(=O)O)CC(=O)O)CN(CC=O)CCN(CC(=O)O)C1.CO. The molecule has 212 valence electrons. The van der Waals surface area contributed by atoms with E-state index in [1.807, 2.05) is 27.7 Å². The molecule has 0 bridgehead atoms. The van der Waals surface area contributed by atoms with Gasteiger partial charge in [0, 0.05) is 45.2 Å². The second kappa shape index (κ2) is 23.0. The summed E-state index contributed by atoms with van der Waals surface area (Å²) in [5.41, 5.74) is -0.997. The number of hydrogen-bond donors (Lipinski definition) is 4. The number of Topliss-reactive ketones (excluding diaryl/α,β-unsaturated/α-hetero) is 1. The molecule has 1 heterocycles. The molecule has 0 amide bonds. The summed E-state index contributed by atoms with van der Waals surface area (Å²) in [6.45, 7) is 9.32. The van der Waals surface area contributed by atoms with Gasteiger partial charge in [0.25, 0.3) is 0 Å². The summed E-state index contributed by atoms with van der Waals surface area (Å²) >= 11 is 0. The summed E-state index contributed by atoms with van der Waals surface area (Å²) in [4.78, 5) is 61.5. The van der Waals surface area contributed by atoms with Gasteiger partial charge >= 0.3 is 17.9 Å². The van der Waals surface area contributed by atoms with E-state index in [4.69, 9.17) is 5.11 Å². The molecule has 0 saturated carbocycles. The average molecular weight is 522 g/mol. The monoisotopic (exact) mass is 521 g/mol. The second-order valence-corrected chi connectivity index (χ2v) is 7.78. The molecule has 0 spiro atoms. The molecule has 1 unspecified atom stereocenters. The Bertz CT molecular complexity index is 630. The average Bonchev–Trinajstić information content (AvgIpc) is 2.99. The van der Waals surface area contributed by atoms with Crippen LogP contribution in [0.5, 0.6) is 0 Å². The first kappa shape index (κ1) is 38.1. The van der Waals surface area contributed by atoms with Crippen LogP contribution in [0, 0.1) is 0 Å². The lowest BCUT2D eigenvalue weighted by Gasteiger charge is -2.45. The van der Waals surface area contributed by atoms with Crippen molar-refractivity contribution in [3.8, 4) is 0 Å². The molecular weight excluding hydrogens is 474 g/mol. The van der Waals surface area contributed by atoms with Crippen molar-refractivity contribution >= 4 is 30.0 Å². The largest absolute Gasteiger partial charge is 0.480 e. The molecule has 12 heteroatoms. The second-order valence-electron chi connectivity index (χ2n) is 7.78. The van der Waals surface area contributed by atoms with Gasteiger partial charge in [-0.1, -0.05) is 34.1 Å². The maximum Gasteiger partial charge on any atom is 0.317 e. The minimum Gasteiger partial charge on any atom is -0.480 e. The lowest BCUT2D eigenvalue weighted by Crippen LogP contribution is -2.62. The van der Waals surface area contributed by atoms with Crippen molar-refractivity contribution in [2.45, 2.75) is 65.8 Å². The number of nitrogens with zero attached hydrogens (tertiary/aromatic N) is 3. The first-order valence-corrected chi connectivity index (χ1v) is 12.3. The number of aliphatic carboxylic acids is 3. The van der Waals surface area contributed by atoms with Crippen LogP contribution < -0.4 is 0 Å². The number of carbonyl (C=O) groups is 5. The van der Waals surface area contributed by atoms with Crippen LogP contribution in [0.25, 0.3) is 0 Å². The summed E-state index contributed by atoms with van der Waals surface area (Å²) in [7, 11) is 1.00. The third-order valence-corrected chi connectivity index (χ3v) is 5.20. The van der Waals surface area contributed by atoms with E-state index >= 15 is 0 Å². The van der Waals surface area contributed by atoms with Crippen LogP contribution in [0.4, 0.5) is 0 Å². The molecule has 1 rings (SSSR count). The number of aldehydes is 1. The molecule has 0 aromatic rings. The minimum atomic E-state index is -1.20. The molecule has 1 atom stereocenters. The highest BCUT2D eigenvalue weighted by molar-refractivity contribution is 5.75. The number of rotatable bonds is 14. The zero-order valence-electron chi connectivity index (χ0n) is 22.7. The van der Waals surface area contributed by atoms with Gasteiger partial charge in [0.1, 0.15) is 12.1 Å². The van der Waals surface area contributed by atoms with Gasteiger partial charge in [-0.3, -0.25) is 29.1 Å². The zero-order valence-corrected chi connectivity index (χ0v) is 22.7. The summed E-state index contributed by atoms with van der Waals surface area (Å²) < 4.78 is 0. The van der Waals surface area contributed by atoms with E-state index in [0.29, 0.717) is 45.1 Å². The molecule has 1 aliphatic rings. The van der Waals surface area contributed by atoms with E-state index in [1.54, 1.807) is 9.80 Å². The first-order valence-electron chi connectivity index (χ1n) is 12.3. The molecule has 36 heavy (non-hydrogen) atoms. The van der Waals surface area contributed by atoms with Gasteiger partial charge in [-0.2, -0.15) is 0 Å². The Hall–Kier alpha value is -2.41. The van der Waals surface area contributed by atoms with Crippen LogP contribution in [-0.2, 0) is 24.0 Å². The summed E-state index contributed by atoms with van der Waals surface area (Å²) in [6, 6.07) is 0. The molecule has 1 saturated heterocycles. The number of carboxylic acid groups (broad SMARTS) is 3. The van der Waals surface area contributed by atoms with Crippen molar-refractivity contribution in [3.63, 3.8) is 0 Å². The van der Waals surface area contributed by atoms with Crippen molar-refractivity contribution in [3.05, 3.63) is 0 Å². The van der Waals surface area contributed by atoms with Crippen LogP contribution in [0.3, 0.4) is 0 Å². The number of unbranched alkanes of at least 4 members (excludes halogenated alkanes) is 1. The van der Waals surface area contributed by atoms with Gasteiger partial charge in [-0.05, 0) is 19.8 Å². The summed E-state index contributed by atoms with van der Waals surface area (Å²) in [5, 5.41) is 35.0. The van der Waals surface area contributed by atoms with Gasteiger partial charge in [0.05, 0.1) is 26.2 Å². The Morgan fingerprint density at radius 1 is 0.833 bits per heavy atom. The predicted molar refractivity (Wildman–Crippen MR) is 136 cm³/mol. The number of aliphatic hydroxyl groups excluding tert-OH is 1. The van der Waals surface area contributed by atoms with Gasteiger partial charge < -0.3 is 30.0 Å². The fourth-order valence-corrected chi connectivity index (χ4v) is 3.97. The van der Waals surface area contributed by atoms with E-state index < -0.39 is 36.5 Å². The van der Waals surface area contributed by atoms with Crippen molar-refractivity contribution in [1.82, 2.24) is 14.7 Å². The van der Waals surface area contributed by atoms with Crippen molar-refractivity contribution in [2.24, 2.45) is 0 Å². The van der Waals surface area contributed by atoms with Crippen molar-refractivity contribution in [1.29, 1.82) is 0 Å². The number of ketones is 1. The smallest absolute Gasteiger partial charge is 0.317 e. The number of aliphatic hydroxyl groups is 1. The Kier molecular flexibility index (Phi) is 24.4. The van der Waals surface area contributed by atoms with E-state index in [1.165, 1.54) is 11.8 Å². The van der Waals surface area contributed by atoms with Crippen LogP contribution in [0.2, 0.25) is 0 Å². The van der Waals surface area contributed by atoms with Gasteiger partial charge in [-0.25, -0.2) is 0 Å². The fourth-order valence-electron chi connectivity index (χ4n) is 3.97. The molecule has 0 aromatic carbocycles. The van der Waals surface area contributed by atoms with Crippen LogP contribution >= 0.6 is 0 Å². The Morgan fingerprint density at radius 2 is 1.31 bits per heavy atom. The first-order chi connectivity index (χ1) is 17.1. The lowest BCUT2D eigenvalue weighted by atomic mass is 9.88. The van der Waals surface area contributed by atoms with Gasteiger partial charge in [0.2, 0.25) is 0 Å². The molecule has 12 nitrogen and oxygen atoms in total. The Balaban J connectivity index is -0.00000168. The lowest BCUT2D eigenvalue weighted by molar-refractivity contribution is -0.147. The topological polar surface area (TPSA) is 176 Å². The maximum atomic E-state index is 11.5. The fraction of sp³-hybridized carbons (Fsp3) is 0.792. The van der Waals surface area contributed by atoms with Crippen molar-refractivity contribution in [2.75, 3.05) is 59.5 Å². The molecule has 1 fully saturated rings. The molecular formula is C24H47N3O9. The van der Waals surface area contributed by atoms with E-state index in [0.717, 1.165) is 7.11 Å². The molecule has 0 aliphatic carbocycles. The zero-order chi connectivity index (χ0) is 28.7. The van der Waals surface area contributed by atoms with Gasteiger partial charge in [-0.15, -0.1) is 0 Å². The molecule has 0 radical (unpaired) electrons. The number of carbonyl (C=O) groups excluding carboxylic acids is 2. The molecule has 0 aromatic heterocycles. The third-order valence-electron chi connectivity index (χ3n) is 5.20. The van der Waals surface area contributed by atoms with Crippen LogP contribution in [0.1, 0.15) is 60.3 Å². The number of carboxylic acids is 3. The molecule has 4 N–H and O–H groups in total. The van der Waals surface area contributed by atoms with Gasteiger partial charge in [0.15, 0.2) is 0 Å². The van der Waals surface area contributed by atoms with E-state index in [-0.39, 0.29) is 32.0 Å². The quantitative estimate of drug-likeness (QED) is 0.188. The summed E-state index contributed by atoms with van der Waals surface area (Å²) in [6.07, 6.45) is 2.52. The Labute approximate surface area is 214 Å². The minimum absolute atomic E-state index is 0.0212. The highest BCUT2D eigenvalue weighted by Gasteiger charge is 2.43. The van der Waals surface area contributed by atoms with Crippen LogP contribution in [-0.4, -0.2) is 130 Å².